The molecule has 2 aromatic carbocycles. The maximum atomic E-state index is 12.2. The number of nitrogens with two attached hydrogens (primary N) is 1. The third-order valence-corrected chi connectivity index (χ3v) is 7.34. The number of aromatic nitrogens is 2. The number of ether oxygens (including phenoxy) is 1. The molecular formula is C26H27ClN4O4S. The van der Waals surface area contributed by atoms with Gasteiger partial charge in [0.05, 0.1) is 11.0 Å². The molecule has 0 fully saturated rings. The van der Waals surface area contributed by atoms with E-state index in [1.807, 2.05) is 41.8 Å². The van der Waals surface area contributed by atoms with Gasteiger partial charge in [-0.25, -0.2) is 4.98 Å². The van der Waals surface area contributed by atoms with E-state index in [2.05, 4.69) is 16.4 Å². The zero-order valence-corrected chi connectivity index (χ0v) is 21.5. The van der Waals surface area contributed by atoms with Crippen molar-refractivity contribution in [3.8, 4) is 10.8 Å². The maximum absolute atomic E-state index is 12.2. The lowest BCUT2D eigenvalue weighted by atomic mass is 10.1. The largest absolute Gasteiger partial charge is 0.484 e. The predicted octanol–water partition coefficient (Wildman–Crippen LogP) is 4.97. The smallest absolute Gasteiger partial charge is 0.320 e. The summed E-state index contributed by atoms with van der Waals surface area (Å²) in [5, 5.41) is 13.3. The van der Waals surface area contributed by atoms with Gasteiger partial charge < -0.3 is 20.9 Å². The highest BCUT2D eigenvalue weighted by molar-refractivity contribution is 7.16. The number of carboxylic acid groups (broad SMARTS) is 1. The molecule has 0 aliphatic carbocycles. The quantitative estimate of drug-likeness (QED) is 0.237. The van der Waals surface area contributed by atoms with Gasteiger partial charge >= 0.3 is 5.97 Å². The second kappa shape index (κ2) is 11.1. The molecule has 1 unspecified atom stereocenters. The predicted molar refractivity (Wildman–Crippen MR) is 141 cm³/mol. The Labute approximate surface area is 217 Å². The number of nitrogens with zero attached hydrogens (tertiary/aromatic N) is 2. The van der Waals surface area contributed by atoms with Crippen molar-refractivity contribution in [2.45, 2.75) is 38.8 Å². The Hall–Kier alpha value is -3.40. The van der Waals surface area contributed by atoms with Gasteiger partial charge in [0.15, 0.2) is 0 Å². The molecule has 0 saturated heterocycles. The summed E-state index contributed by atoms with van der Waals surface area (Å²) < 4.78 is 8.04. The third kappa shape index (κ3) is 5.70. The molecule has 0 spiro atoms. The molecule has 1 amide bonds. The first-order valence-corrected chi connectivity index (χ1v) is 12.7. The first kappa shape index (κ1) is 25.7. The highest BCUT2D eigenvalue weighted by atomic mass is 35.5. The Morgan fingerprint density at radius 2 is 2.00 bits per heavy atom. The number of rotatable bonds is 11. The van der Waals surface area contributed by atoms with Crippen LogP contribution in [-0.4, -0.2) is 39.1 Å². The summed E-state index contributed by atoms with van der Waals surface area (Å²) in [6.07, 6.45) is 2.90. The van der Waals surface area contributed by atoms with Crippen molar-refractivity contribution in [2.24, 2.45) is 5.73 Å². The number of primary amides is 1. The summed E-state index contributed by atoms with van der Waals surface area (Å²) in [5.74, 6) is -1.04. The van der Waals surface area contributed by atoms with Gasteiger partial charge in [-0.1, -0.05) is 35.9 Å². The molecule has 0 saturated carbocycles. The van der Waals surface area contributed by atoms with Crippen LogP contribution in [0.3, 0.4) is 0 Å². The molecule has 0 aliphatic heterocycles. The molecule has 188 valence electrons. The number of amides is 1. The third-order valence-electron chi connectivity index (χ3n) is 5.87. The SMILES string of the molecule is CC(NCCCc1ccc2ncn(-c3cc(O[C@H](C)c4ccccc4Cl)c(C(N)=O)s3)c2c1)C(=O)O. The van der Waals surface area contributed by atoms with Crippen LogP contribution in [0.1, 0.15) is 47.2 Å². The van der Waals surface area contributed by atoms with Gasteiger partial charge in [-0.3, -0.25) is 14.2 Å². The number of carbonyl (C=O) groups excluding carboxylic acids is 1. The number of imidazole rings is 1. The number of carbonyl (C=O) groups is 2. The molecular weight excluding hydrogens is 500 g/mol. The molecule has 36 heavy (non-hydrogen) atoms. The molecule has 0 radical (unpaired) electrons. The van der Waals surface area contributed by atoms with Crippen molar-refractivity contribution in [3.63, 3.8) is 0 Å². The highest BCUT2D eigenvalue weighted by Crippen LogP contribution is 2.37. The zero-order chi connectivity index (χ0) is 25.8. The summed E-state index contributed by atoms with van der Waals surface area (Å²) in [7, 11) is 0. The van der Waals surface area contributed by atoms with Crippen LogP contribution in [0.25, 0.3) is 16.0 Å². The van der Waals surface area contributed by atoms with Gasteiger partial charge in [-0.05, 0) is 57.0 Å². The van der Waals surface area contributed by atoms with E-state index in [0.29, 0.717) is 22.2 Å². The summed E-state index contributed by atoms with van der Waals surface area (Å²) >= 11 is 7.56. The van der Waals surface area contributed by atoms with Crippen LogP contribution in [0.2, 0.25) is 5.02 Å². The second-order valence-corrected chi connectivity index (χ2v) is 9.92. The number of nitrogens with one attached hydrogen (secondary N) is 1. The van der Waals surface area contributed by atoms with E-state index in [0.717, 1.165) is 40.0 Å². The van der Waals surface area contributed by atoms with Crippen LogP contribution in [0.5, 0.6) is 5.75 Å². The van der Waals surface area contributed by atoms with E-state index in [1.54, 1.807) is 25.4 Å². The molecule has 8 nitrogen and oxygen atoms in total. The van der Waals surface area contributed by atoms with Crippen molar-refractivity contribution in [2.75, 3.05) is 6.54 Å². The molecule has 2 aromatic heterocycles. The van der Waals surface area contributed by atoms with Crippen LogP contribution in [0.15, 0.2) is 54.9 Å². The average Bonchev–Trinajstić information content (AvgIpc) is 3.45. The van der Waals surface area contributed by atoms with Crippen LogP contribution >= 0.6 is 22.9 Å². The van der Waals surface area contributed by atoms with Crippen molar-refractivity contribution >= 4 is 45.8 Å². The molecule has 10 heteroatoms. The molecule has 2 heterocycles. The van der Waals surface area contributed by atoms with Crippen LogP contribution in [-0.2, 0) is 11.2 Å². The lowest BCUT2D eigenvalue weighted by Gasteiger charge is -2.16. The van der Waals surface area contributed by atoms with Gasteiger partial charge in [0.25, 0.3) is 5.91 Å². The Bertz CT molecular complexity index is 1400. The number of halogens is 1. The van der Waals surface area contributed by atoms with E-state index in [-0.39, 0.29) is 6.10 Å². The average molecular weight is 527 g/mol. The van der Waals surface area contributed by atoms with Crippen LogP contribution in [0, 0.1) is 0 Å². The maximum Gasteiger partial charge on any atom is 0.320 e. The Morgan fingerprint density at radius 1 is 1.22 bits per heavy atom. The van der Waals surface area contributed by atoms with Gasteiger partial charge in [0.1, 0.15) is 34.1 Å². The minimum atomic E-state index is -0.865. The summed E-state index contributed by atoms with van der Waals surface area (Å²) in [6.45, 7) is 4.09. The topological polar surface area (TPSA) is 119 Å². The van der Waals surface area contributed by atoms with Crippen LogP contribution < -0.4 is 15.8 Å². The first-order chi connectivity index (χ1) is 17.2. The van der Waals surface area contributed by atoms with Crippen molar-refractivity contribution < 1.29 is 19.4 Å². The summed E-state index contributed by atoms with van der Waals surface area (Å²) in [6, 6.07) is 14.6. The van der Waals surface area contributed by atoms with Gasteiger partial charge in [-0.2, -0.15) is 0 Å². The number of aliphatic carboxylic acids is 1. The molecule has 4 aromatic rings. The number of aryl methyl sites for hydroxylation is 1. The lowest BCUT2D eigenvalue weighted by molar-refractivity contribution is -0.138. The van der Waals surface area contributed by atoms with Crippen LogP contribution in [0.4, 0.5) is 0 Å². The fourth-order valence-electron chi connectivity index (χ4n) is 3.88. The number of fused-ring (bicyclic) bond motifs is 1. The second-order valence-electron chi connectivity index (χ2n) is 8.48. The summed E-state index contributed by atoms with van der Waals surface area (Å²) in [5.41, 5.74) is 9.29. The molecule has 0 bridgehead atoms. The summed E-state index contributed by atoms with van der Waals surface area (Å²) in [4.78, 5) is 28.0. The van der Waals surface area contributed by atoms with E-state index in [9.17, 15) is 9.59 Å². The van der Waals surface area contributed by atoms with Gasteiger partial charge in [-0.15, -0.1) is 11.3 Å². The molecule has 2 atom stereocenters. The standard InChI is InChI=1S/C26H27ClN4O4S/c1-15(26(33)34)29-11-5-6-17-9-10-20-21(12-17)31(14-30-20)23-13-22(24(36-23)25(28)32)35-16(2)18-7-3-4-8-19(18)27/h3-4,7-10,12-16,29H,5-6,11H2,1-2H3,(H2,28,32)(H,33,34)/t15?,16-/m1/s1. The monoisotopic (exact) mass is 526 g/mol. The number of hydrogen-bond donors (Lipinski definition) is 3. The van der Waals surface area contributed by atoms with E-state index in [4.69, 9.17) is 27.2 Å². The number of carboxylic acids is 1. The molecule has 4 rings (SSSR count). The molecule has 0 aliphatic rings. The molecule has 4 N–H and O–H groups in total. The van der Waals surface area contributed by atoms with Gasteiger partial charge in [0, 0.05) is 16.7 Å². The fraction of sp³-hybridized carbons (Fsp3) is 0.269. The Morgan fingerprint density at radius 3 is 2.72 bits per heavy atom. The van der Waals surface area contributed by atoms with E-state index >= 15 is 0 Å². The Kier molecular flexibility index (Phi) is 7.93. The minimum absolute atomic E-state index is 0.320. The normalized spacial score (nSPS) is 13.0. The number of benzene rings is 2. The van der Waals surface area contributed by atoms with Crippen molar-refractivity contribution in [1.82, 2.24) is 14.9 Å². The first-order valence-electron chi connectivity index (χ1n) is 11.5. The van der Waals surface area contributed by atoms with Gasteiger partial charge in [0.2, 0.25) is 0 Å². The Balaban J connectivity index is 1.56. The number of hydrogen-bond acceptors (Lipinski definition) is 6. The zero-order valence-electron chi connectivity index (χ0n) is 19.9. The number of thiophene rings is 1. The lowest BCUT2D eigenvalue weighted by Crippen LogP contribution is -2.34. The van der Waals surface area contributed by atoms with Crippen molar-refractivity contribution in [3.05, 3.63) is 75.9 Å². The fourth-order valence-corrected chi connectivity index (χ4v) is 5.10. The highest BCUT2D eigenvalue weighted by Gasteiger charge is 2.21. The van der Waals surface area contributed by atoms with Crippen molar-refractivity contribution in [1.29, 1.82) is 0 Å². The van der Waals surface area contributed by atoms with E-state index in [1.165, 1.54) is 11.3 Å². The minimum Gasteiger partial charge on any atom is -0.484 e. The van der Waals surface area contributed by atoms with E-state index < -0.39 is 17.9 Å².